The minimum absolute atomic E-state index is 0. The molecule has 6 nitrogen and oxygen atoms in total. The number of carbonyl (C=O) groups is 2. The minimum Gasteiger partial charge on any atom is -0.475 e. The molecule has 2 heterocycles. The summed E-state index contributed by atoms with van der Waals surface area (Å²) < 4.78 is 8.15. The van der Waals surface area contributed by atoms with Gasteiger partial charge in [0.25, 0.3) is 0 Å². The topological polar surface area (TPSA) is 120 Å². The summed E-state index contributed by atoms with van der Waals surface area (Å²) in [6.45, 7) is 5.49. The van der Waals surface area contributed by atoms with Crippen LogP contribution >= 0.6 is 43.2 Å². The maximum atomic E-state index is 11.1. The van der Waals surface area contributed by atoms with E-state index in [0.717, 1.165) is 35.0 Å². The Morgan fingerprint density at radius 3 is 1.95 bits per heavy atom. The monoisotopic (exact) mass is 662 g/mol. The van der Waals surface area contributed by atoms with E-state index in [1.807, 2.05) is 74.5 Å². The zero-order valence-electron chi connectivity index (χ0n) is 20.6. The third-order valence-corrected chi connectivity index (χ3v) is 6.51. The molecule has 0 bridgehead atoms. The highest BCUT2D eigenvalue weighted by molar-refractivity contribution is 9.10. The van der Waals surface area contributed by atoms with Crippen LogP contribution in [0.2, 0.25) is 0 Å². The van der Waals surface area contributed by atoms with E-state index in [9.17, 15) is 9.59 Å². The van der Waals surface area contributed by atoms with Gasteiger partial charge in [-0.05, 0) is 72.9 Å². The van der Waals surface area contributed by atoms with Crippen LogP contribution < -0.4 is 11.5 Å². The summed E-state index contributed by atoms with van der Waals surface area (Å²) in [5.74, 6) is -0.947. The molecular formula is C29H32Br2N2O4S. The van der Waals surface area contributed by atoms with Crippen molar-refractivity contribution in [2.45, 2.75) is 34.2 Å². The molecule has 0 aliphatic carbocycles. The van der Waals surface area contributed by atoms with Crippen LogP contribution in [-0.2, 0) is 0 Å². The normalized spacial score (nSPS) is 9.76. The summed E-state index contributed by atoms with van der Waals surface area (Å²) in [5, 5.41) is 10.6. The number of carboxylic acids is 1. The van der Waals surface area contributed by atoms with Gasteiger partial charge >= 0.3 is 5.97 Å². The minimum atomic E-state index is -1.05. The van der Waals surface area contributed by atoms with E-state index >= 15 is 0 Å². The van der Waals surface area contributed by atoms with E-state index in [0.29, 0.717) is 11.6 Å². The van der Waals surface area contributed by atoms with Crippen molar-refractivity contribution in [1.82, 2.24) is 0 Å². The maximum Gasteiger partial charge on any atom is 0.371 e. The Labute approximate surface area is 243 Å². The van der Waals surface area contributed by atoms with Gasteiger partial charge in [-0.25, -0.2) is 4.79 Å². The van der Waals surface area contributed by atoms with Crippen molar-refractivity contribution in [2.75, 3.05) is 5.73 Å². The Bertz CT molecular complexity index is 1370. The first kappa shape index (κ1) is 33.0. The van der Waals surface area contributed by atoms with Gasteiger partial charge in [0.15, 0.2) is 5.78 Å². The van der Waals surface area contributed by atoms with Gasteiger partial charge in [0.2, 0.25) is 5.76 Å². The number of halogens is 2. The lowest BCUT2D eigenvalue weighted by Crippen LogP contribution is -2.06. The van der Waals surface area contributed by atoms with Crippen LogP contribution in [0.1, 0.15) is 48.4 Å². The Morgan fingerprint density at radius 2 is 1.45 bits per heavy atom. The summed E-state index contributed by atoms with van der Waals surface area (Å²) >= 11 is 8.21. The number of hydrogen-bond acceptors (Lipinski definition) is 6. The molecule has 0 amide bonds. The molecule has 0 saturated carbocycles. The number of ketones is 1. The van der Waals surface area contributed by atoms with Crippen molar-refractivity contribution in [1.29, 1.82) is 0 Å². The van der Waals surface area contributed by atoms with Crippen molar-refractivity contribution in [2.24, 2.45) is 5.73 Å². The van der Waals surface area contributed by atoms with Gasteiger partial charge < -0.3 is 21.0 Å². The summed E-state index contributed by atoms with van der Waals surface area (Å²) in [4.78, 5) is 22.5. The molecule has 0 spiro atoms. The molecule has 38 heavy (non-hydrogen) atoms. The molecule has 5 rings (SSSR count). The first-order valence-corrected chi connectivity index (χ1v) is 13.5. The highest BCUT2D eigenvalue weighted by Crippen LogP contribution is 2.28. The highest BCUT2D eigenvalue weighted by Gasteiger charge is 2.09. The first-order chi connectivity index (χ1) is 17.5. The van der Waals surface area contributed by atoms with Gasteiger partial charge in [-0.1, -0.05) is 77.4 Å². The van der Waals surface area contributed by atoms with Crippen molar-refractivity contribution < 1.29 is 19.1 Å². The molecule has 0 unspecified atom stereocenters. The molecule has 3 aromatic carbocycles. The Hall–Kier alpha value is -2.98. The number of nitrogen functional groups attached to an aromatic ring is 1. The number of fused-ring (bicyclic) bond motifs is 2. The number of furan rings is 1. The second-order valence-corrected chi connectivity index (χ2v) is 11.0. The second kappa shape index (κ2) is 16.1. The number of benzene rings is 3. The van der Waals surface area contributed by atoms with Crippen molar-refractivity contribution in [3.8, 4) is 0 Å². The van der Waals surface area contributed by atoms with Crippen molar-refractivity contribution in [3.63, 3.8) is 0 Å². The maximum absolute atomic E-state index is 11.1. The number of hydrogen-bond donors (Lipinski definition) is 3. The average molecular weight is 664 g/mol. The van der Waals surface area contributed by atoms with Crippen molar-refractivity contribution in [3.05, 3.63) is 98.4 Å². The smallest absolute Gasteiger partial charge is 0.371 e. The lowest BCUT2D eigenvalue weighted by atomic mass is 10.2. The number of carboxylic acid groups (broad SMARTS) is 1. The number of Topliss-reactive ketones (excluding diaryl/α,β-unsaturated/α-hetero) is 1. The van der Waals surface area contributed by atoms with Gasteiger partial charge in [-0.15, -0.1) is 11.3 Å². The van der Waals surface area contributed by atoms with Crippen LogP contribution in [-0.4, -0.2) is 22.9 Å². The Morgan fingerprint density at radius 1 is 0.895 bits per heavy atom. The first-order valence-electron chi connectivity index (χ1n) is 11.1. The fraction of sp³-hybridized carbons (Fsp3) is 0.172. The molecule has 5 aromatic rings. The van der Waals surface area contributed by atoms with Gasteiger partial charge in [0.1, 0.15) is 5.58 Å². The lowest BCUT2D eigenvalue weighted by Gasteiger charge is -1.88. The second-order valence-electron chi connectivity index (χ2n) is 8.10. The van der Waals surface area contributed by atoms with E-state index < -0.39 is 5.97 Å². The molecule has 2 aromatic heterocycles. The molecule has 0 saturated heterocycles. The number of carbonyl (C=O) groups excluding carboxylic acids is 1. The number of thiophene rings is 1. The summed E-state index contributed by atoms with van der Waals surface area (Å²) in [6, 6.07) is 24.7. The van der Waals surface area contributed by atoms with Crippen LogP contribution in [0.5, 0.6) is 0 Å². The van der Waals surface area contributed by atoms with E-state index in [1.54, 1.807) is 19.1 Å². The lowest BCUT2D eigenvalue weighted by molar-refractivity contribution is 0.0664. The molecule has 5 N–H and O–H groups in total. The molecular weight excluding hydrogens is 632 g/mol. The fourth-order valence-electron chi connectivity index (χ4n) is 2.74. The van der Waals surface area contributed by atoms with Gasteiger partial charge in [0.05, 0.1) is 4.88 Å². The van der Waals surface area contributed by atoms with Crippen LogP contribution in [0.3, 0.4) is 0 Å². The SMILES string of the molecule is C.CC(=O)c1cc2ccc(Br)cc2s1.CC(C)N.Nc1ccccc1.O=C(O)c1cc2ccc(Br)cc2o1. The predicted octanol–water partition coefficient (Wildman–Crippen LogP) is 9.02. The third kappa shape index (κ3) is 11.2. The highest BCUT2D eigenvalue weighted by atomic mass is 79.9. The quantitative estimate of drug-likeness (QED) is 0.128. The third-order valence-electron chi connectivity index (χ3n) is 4.32. The summed E-state index contributed by atoms with van der Waals surface area (Å²) in [6.07, 6.45) is 0. The van der Waals surface area contributed by atoms with Crippen LogP contribution in [0.25, 0.3) is 21.1 Å². The zero-order chi connectivity index (χ0) is 27.5. The standard InChI is InChI=1S/C10H7BrOS.C9H5BrO3.C6H7N.C3H9N.CH4/c1-6(12)9-4-7-2-3-8(11)5-10(7)13-9;10-6-2-1-5-3-8(9(11)12)13-7(5)4-6;7-6-4-2-1-3-5-6;1-3(2)4;/h2-5H,1H3;1-4H,(H,11,12);1-5H,7H2;3H,4H2,1-2H3;1H4. The van der Waals surface area contributed by atoms with Gasteiger partial charge in [-0.3, -0.25) is 4.79 Å². The van der Waals surface area contributed by atoms with Gasteiger partial charge in [0, 0.05) is 24.7 Å². The number of para-hydroxylation sites is 1. The van der Waals surface area contributed by atoms with E-state index in [1.165, 1.54) is 17.4 Å². The number of anilines is 1. The van der Waals surface area contributed by atoms with E-state index in [-0.39, 0.29) is 19.0 Å². The molecule has 9 heteroatoms. The average Bonchev–Trinajstić information content (AvgIpc) is 3.44. The predicted molar refractivity (Wildman–Crippen MR) is 167 cm³/mol. The van der Waals surface area contributed by atoms with E-state index in [2.05, 4.69) is 31.9 Å². The number of nitrogens with two attached hydrogens (primary N) is 2. The van der Waals surface area contributed by atoms with Crippen LogP contribution in [0.4, 0.5) is 5.69 Å². The van der Waals surface area contributed by atoms with E-state index in [4.69, 9.17) is 21.0 Å². The van der Waals surface area contributed by atoms with Gasteiger partial charge in [-0.2, -0.15) is 0 Å². The molecule has 0 aliphatic heterocycles. The van der Waals surface area contributed by atoms with Crippen LogP contribution in [0.15, 0.2) is 92.2 Å². The Balaban J connectivity index is 0.000000272. The molecule has 202 valence electrons. The summed E-state index contributed by atoms with van der Waals surface area (Å²) in [5.41, 5.74) is 11.9. The fourth-order valence-corrected chi connectivity index (χ4v) is 4.59. The largest absolute Gasteiger partial charge is 0.475 e. The Kier molecular flexibility index (Phi) is 14.0. The molecule has 0 radical (unpaired) electrons. The van der Waals surface area contributed by atoms with Crippen molar-refractivity contribution >= 4 is 81.7 Å². The summed E-state index contributed by atoms with van der Waals surface area (Å²) in [7, 11) is 0. The van der Waals surface area contributed by atoms with Crippen LogP contribution in [0, 0.1) is 0 Å². The number of rotatable bonds is 2. The zero-order valence-corrected chi connectivity index (χ0v) is 24.6. The molecule has 0 fully saturated rings. The number of aromatic carboxylic acids is 1. The molecule has 0 aliphatic rings. The molecule has 0 atom stereocenters.